The van der Waals surface area contributed by atoms with Gasteiger partial charge in [-0.3, -0.25) is 4.79 Å². The average Bonchev–Trinajstić information content (AvgIpc) is 2.24. The van der Waals surface area contributed by atoms with E-state index in [9.17, 15) is 13.2 Å². The topological polar surface area (TPSA) is 97.5 Å². The molecule has 18 heavy (non-hydrogen) atoms. The lowest BCUT2D eigenvalue weighted by atomic mass is 9.98. The van der Waals surface area contributed by atoms with Crippen molar-refractivity contribution in [2.45, 2.75) is 30.7 Å². The van der Waals surface area contributed by atoms with Crippen LogP contribution in [0.2, 0.25) is 0 Å². The molecule has 1 aromatic rings. The van der Waals surface area contributed by atoms with Crippen molar-refractivity contribution in [2.24, 2.45) is 5.73 Å². The maximum atomic E-state index is 11.5. The molecular formula is C12H17NO4S. The lowest BCUT2D eigenvalue weighted by Crippen LogP contribution is -2.14. The first-order valence-electron chi connectivity index (χ1n) is 5.50. The standard InChI is InChI=1S/C12H17NO4S/c1-8-3-4-9(18(2,16)17)7-10(8)11(13)5-6-12(14)15/h3-4,7,11H,5-6,13H2,1-2H3,(H,14,15). The van der Waals surface area contributed by atoms with Crippen molar-refractivity contribution in [1.29, 1.82) is 0 Å². The van der Waals surface area contributed by atoms with Crippen LogP contribution in [0, 0.1) is 6.92 Å². The zero-order valence-corrected chi connectivity index (χ0v) is 11.2. The molecule has 0 spiro atoms. The minimum absolute atomic E-state index is 0.0380. The van der Waals surface area contributed by atoms with Gasteiger partial charge < -0.3 is 10.8 Å². The molecular weight excluding hydrogens is 254 g/mol. The van der Waals surface area contributed by atoms with E-state index in [0.717, 1.165) is 11.8 Å². The van der Waals surface area contributed by atoms with E-state index in [0.29, 0.717) is 5.56 Å². The fraction of sp³-hybridized carbons (Fsp3) is 0.417. The largest absolute Gasteiger partial charge is 0.481 e. The van der Waals surface area contributed by atoms with Gasteiger partial charge in [0.25, 0.3) is 0 Å². The van der Waals surface area contributed by atoms with E-state index in [1.165, 1.54) is 12.1 Å². The zero-order chi connectivity index (χ0) is 13.9. The molecule has 5 nitrogen and oxygen atoms in total. The number of carbonyl (C=O) groups is 1. The van der Waals surface area contributed by atoms with Gasteiger partial charge in [0.15, 0.2) is 9.84 Å². The molecule has 1 unspecified atom stereocenters. The number of aryl methyl sites for hydroxylation is 1. The van der Waals surface area contributed by atoms with Crippen LogP contribution < -0.4 is 5.73 Å². The predicted octanol–water partition coefficient (Wildman–Crippen LogP) is 1.26. The van der Waals surface area contributed by atoms with Crippen LogP contribution in [0.3, 0.4) is 0 Å². The van der Waals surface area contributed by atoms with Crippen LogP contribution in [-0.2, 0) is 14.6 Å². The number of hydrogen-bond acceptors (Lipinski definition) is 4. The normalized spacial score (nSPS) is 13.3. The first kappa shape index (κ1) is 14.7. The molecule has 0 heterocycles. The monoisotopic (exact) mass is 271 g/mol. The number of hydrogen-bond donors (Lipinski definition) is 2. The summed E-state index contributed by atoms with van der Waals surface area (Å²) >= 11 is 0. The Kier molecular flexibility index (Phi) is 4.48. The Morgan fingerprint density at radius 1 is 1.44 bits per heavy atom. The van der Waals surface area contributed by atoms with Gasteiger partial charge in [-0.1, -0.05) is 6.07 Å². The van der Waals surface area contributed by atoms with Crippen molar-refractivity contribution in [3.8, 4) is 0 Å². The van der Waals surface area contributed by atoms with E-state index in [2.05, 4.69) is 0 Å². The summed E-state index contributed by atoms with van der Waals surface area (Å²) in [6, 6.07) is 4.27. The summed E-state index contributed by atoms with van der Waals surface area (Å²) in [4.78, 5) is 10.7. The van der Waals surface area contributed by atoms with Gasteiger partial charge in [-0.2, -0.15) is 0 Å². The Balaban J connectivity index is 3.04. The van der Waals surface area contributed by atoms with Crippen LogP contribution >= 0.6 is 0 Å². The van der Waals surface area contributed by atoms with E-state index < -0.39 is 21.8 Å². The van der Waals surface area contributed by atoms with Gasteiger partial charge in [-0.25, -0.2) is 8.42 Å². The highest BCUT2D eigenvalue weighted by molar-refractivity contribution is 7.90. The Morgan fingerprint density at radius 3 is 2.56 bits per heavy atom. The second-order valence-electron chi connectivity index (χ2n) is 4.33. The highest BCUT2D eigenvalue weighted by Crippen LogP contribution is 2.23. The van der Waals surface area contributed by atoms with Crippen molar-refractivity contribution < 1.29 is 18.3 Å². The number of aliphatic carboxylic acids is 1. The summed E-state index contributed by atoms with van der Waals surface area (Å²) in [5.74, 6) is -0.914. The van der Waals surface area contributed by atoms with E-state index in [1.54, 1.807) is 6.07 Å². The molecule has 0 aromatic heterocycles. The molecule has 0 fully saturated rings. The third-order valence-corrected chi connectivity index (χ3v) is 3.86. The van der Waals surface area contributed by atoms with E-state index in [-0.39, 0.29) is 17.7 Å². The number of benzene rings is 1. The van der Waals surface area contributed by atoms with Crippen molar-refractivity contribution >= 4 is 15.8 Å². The lowest BCUT2D eigenvalue weighted by Gasteiger charge is -2.15. The van der Waals surface area contributed by atoms with Crippen molar-refractivity contribution in [1.82, 2.24) is 0 Å². The number of nitrogens with two attached hydrogens (primary N) is 1. The molecule has 0 aliphatic rings. The smallest absolute Gasteiger partial charge is 0.303 e. The minimum Gasteiger partial charge on any atom is -0.481 e. The minimum atomic E-state index is -3.28. The van der Waals surface area contributed by atoms with Crippen molar-refractivity contribution in [2.75, 3.05) is 6.26 Å². The molecule has 0 amide bonds. The van der Waals surface area contributed by atoms with Crippen LogP contribution in [0.4, 0.5) is 0 Å². The molecule has 1 atom stereocenters. The first-order valence-corrected chi connectivity index (χ1v) is 7.39. The Hall–Kier alpha value is -1.40. The van der Waals surface area contributed by atoms with Crippen molar-refractivity contribution in [3.05, 3.63) is 29.3 Å². The van der Waals surface area contributed by atoms with E-state index in [4.69, 9.17) is 10.8 Å². The molecule has 6 heteroatoms. The van der Waals surface area contributed by atoms with Gasteiger partial charge in [0, 0.05) is 18.7 Å². The van der Waals surface area contributed by atoms with Gasteiger partial charge in [0.2, 0.25) is 0 Å². The van der Waals surface area contributed by atoms with Gasteiger partial charge in [0.1, 0.15) is 0 Å². The van der Waals surface area contributed by atoms with Crippen LogP contribution in [0.1, 0.15) is 30.0 Å². The number of carboxylic acid groups (broad SMARTS) is 1. The number of rotatable bonds is 5. The molecule has 0 saturated carbocycles. The van der Waals surface area contributed by atoms with Gasteiger partial charge in [-0.15, -0.1) is 0 Å². The highest BCUT2D eigenvalue weighted by atomic mass is 32.2. The Bertz CT molecular complexity index is 551. The van der Waals surface area contributed by atoms with Crippen LogP contribution in [0.5, 0.6) is 0 Å². The summed E-state index contributed by atoms with van der Waals surface area (Å²) < 4.78 is 22.9. The quantitative estimate of drug-likeness (QED) is 0.840. The molecule has 0 saturated heterocycles. The molecule has 0 aliphatic heterocycles. The summed E-state index contributed by atoms with van der Waals surface area (Å²) in [5, 5.41) is 8.61. The molecule has 1 rings (SSSR count). The summed E-state index contributed by atoms with van der Waals surface area (Å²) in [7, 11) is -3.28. The second-order valence-corrected chi connectivity index (χ2v) is 6.35. The molecule has 1 aromatic carbocycles. The fourth-order valence-corrected chi connectivity index (χ4v) is 2.34. The van der Waals surface area contributed by atoms with Gasteiger partial charge in [0.05, 0.1) is 4.90 Å². The van der Waals surface area contributed by atoms with Crippen molar-refractivity contribution in [3.63, 3.8) is 0 Å². The molecule has 0 aliphatic carbocycles. The van der Waals surface area contributed by atoms with Crippen LogP contribution in [0.15, 0.2) is 23.1 Å². The fourth-order valence-electron chi connectivity index (χ4n) is 1.68. The molecule has 100 valence electrons. The highest BCUT2D eigenvalue weighted by Gasteiger charge is 2.15. The van der Waals surface area contributed by atoms with E-state index in [1.807, 2.05) is 6.92 Å². The summed E-state index contributed by atoms with van der Waals surface area (Å²) in [6.45, 7) is 1.82. The molecule has 0 bridgehead atoms. The maximum Gasteiger partial charge on any atom is 0.303 e. The lowest BCUT2D eigenvalue weighted by molar-refractivity contribution is -0.137. The Morgan fingerprint density at radius 2 is 2.06 bits per heavy atom. The van der Waals surface area contributed by atoms with Crippen LogP contribution in [-0.4, -0.2) is 25.7 Å². The zero-order valence-electron chi connectivity index (χ0n) is 10.4. The van der Waals surface area contributed by atoms with Gasteiger partial charge >= 0.3 is 5.97 Å². The number of carboxylic acids is 1. The average molecular weight is 271 g/mol. The number of sulfone groups is 1. The third kappa shape index (κ3) is 3.82. The first-order chi connectivity index (χ1) is 8.21. The summed E-state index contributed by atoms with van der Waals surface area (Å²) in [6.07, 6.45) is 1.37. The SMILES string of the molecule is Cc1ccc(S(C)(=O)=O)cc1C(N)CCC(=O)O. The summed E-state index contributed by atoms with van der Waals surface area (Å²) in [5.41, 5.74) is 7.44. The maximum absolute atomic E-state index is 11.5. The molecule has 3 N–H and O–H groups in total. The predicted molar refractivity (Wildman–Crippen MR) is 68.1 cm³/mol. The molecule has 0 radical (unpaired) electrons. The third-order valence-electron chi connectivity index (χ3n) is 2.75. The van der Waals surface area contributed by atoms with E-state index >= 15 is 0 Å². The van der Waals surface area contributed by atoms with Crippen LogP contribution in [0.25, 0.3) is 0 Å². The second kappa shape index (κ2) is 5.49. The Labute approximate surface area is 107 Å². The van der Waals surface area contributed by atoms with Gasteiger partial charge in [-0.05, 0) is 36.6 Å².